The van der Waals surface area contributed by atoms with Gasteiger partial charge in [0.25, 0.3) is 0 Å². The summed E-state index contributed by atoms with van der Waals surface area (Å²) in [6.07, 6.45) is 1.22. The molecule has 116 valence electrons. The van der Waals surface area contributed by atoms with Crippen molar-refractivity contribution in [1.82, 2.24) is 4.98 Å². The van der Waals surface area contributed by atoms with Gasteiger partial charge in [-0.2, -0.15) is 0 Å². The van der Waals surface area contributed by atoms with Crippen LogP contribution in [0.3, 0.4) is 0 Å². The van der Waals surface area contributed by atoms with E-state index in [0.717, 1.165) is 16.9 Å². The van der Waals surface area contributed by atoms with Crippen LogP contribution >= 0.6 is 0 Å². The number of methoxy groups -OCH3 is 1. The zero-order chi connectivity index (χ0) is 16.1. The van der Waals surface area contributed by atoms with Crippen molar-refractivity contribution in [1.29, 1.82) is 0 Å². The Labute approximate surface area is 133 Å². The van der Waals surface area contributed by atoms with E-state index in [1.807, 2.05) is 54.6 Å². The number of esters is 1. The van der Waals surface area contributed by atoms with Crippen LogP contribution < -0.4 is 4.74 Å². The van der Waals surface area contributed by atoms with Crippen LogP contribution in [-0.2, 0) is 11.3 Å². The van der Waals surface area contributed by atoms with Gasteiger partial charge >= 0.3 is 5.97 Å². The van der Waals surface area contributed by atoms with E-state index in [2.05, 4.69) is 9.72 Å². The minimum atomic E-state index is -0.529. The maximum absolute atomic E-state index is 11.6. The highest BCUT2D eigenvalue weighted by Gasteiger charge is 2.18. The minimum Gasteiger partial charge on any atom is -0.489 e. The summed E-state index contributed by atoms with van der Waals surface area (Å²) in [5.74, 6) is 0.585. The molecule has 1 heterocycles. The second-order valence-electron chi connectivity index (χ2n) is 4.82. The highest BCUT2D eigenvalue weighted by atomic mass is 16.5. The van der Waals surface area contributed by atoms with Crippen molar-refractivity contribution in [3.8, 4) is 17.1 Å². The molecule has 0 aliphatic rings. The molecule has 0 amide bonds. The van der Waals surface area contributed by atoms with Crippen LogP contribution in [0.1, 0.15) is 16.1 Å². The summed E-state index contributed by atoms with van der Waals surface area (Å²) < 4.78 is 15.7. The van der Waals surface area contributed by atoms with Gasteiger partial charge < -0.3 is 13.9 Å². The zero-order valence-electron chi connectivity index (χ0n) is 12.6. The molecule has 0 radical (unpaired) electrons. The summed E-state index contributed by atoms with van der Waals surface area (Å²) in [5.41, 5.74) is 1.99. The lowest BCUT2D eigenvalue weighted by Crippen LogP contribution is -2.03. The Morgan fingerprint density at radius 1 is 1.09 bits per heavy atom. The van der Waals surface area contributed by atoms with Gasteiger partial charge in [0.05, 0.1) is 7.11 Å². The van der Waals surface area contributed by atoms with Crippen LogP contribution in [0.5, 0.6) is 5.75 Å². The monoisotopic (exact) mass is 309 g/mol. The molecule has 3 aromatic rings. The fourth-order valence-electron chi connectivity index (χ4n) is 2.14. The van der Waals surface area contributed by atoms with Gasteiger partial charge in [-0.15, -0.1) is 0 Å². The van der Waals surface area contributed by atoms with E-state index in [4.69, 9.17) is 9.15 Å². The molecule has 0 bridgehead atoms. The Hall–Kier alpha value is -3.08. The largest absolute Gasteiger partial charge is 0.489 e. The molecule has 5 nitrogen and oxygen atoms in total. The van der Waals surface area contributed by atoms with Crippen LogP contribution in [0.4, 0.5) is 0 Å². The van der Waals surface area contributed by atoms with Crippen LogP contribution in [-0.4, -0.2) is 18.1 Å². The first-order chi connectivity index (χ1) is 11.3. The molecule has 3 rings (SSSR count). The van der Waals surface area contributed by atoms with Crippen LogP contribution in [0, 0.1) is 0 Å². The predicted octanol–water partition coefficient (Wildman–Crippen LogP) is 3.71. The highest BCUT2D eigenvalue weighted by molar-refractivity contribution is 5.93. The van der Waals surface area contributed by atoms with Gasteiger partial charge in [-0.3, -0.25) is 0 Å². The highest BCUT2D eigenvalue weighted by Crippen LogP contribution is 2.26. The summed E-state index contributed by atoms with van der Waals surface area (Å²) in [6, 6.07) is 17.2. The lowest BCUT2D eigenvalue weighted by atomic mass is 10.1. The Morgan fingerprint density at radius 3 is 2.52 bits per heavy atom. The molecule has 0 saturated heterocycles. The smallest absolute Gasteiger partial charge is 0.360 e. The first-order valence-corrected chi connectivity index (χ1v) is 7.07. The molecule has 0 fully saturated rings. The zero-order valence-corrected chi connectivity index (χ0v) is 12.6. The topological polar surface area (TPSA) is 61.6 Å². The van der Waals surface area contributed by atoms with Crippen molar-refractivity contribution in [2.24, 2.45) is 0 Å². The van der Waals surface area contributed by atoms with Gasteiger partial charge in [0, 0.05) is 5.56 Å². The second kappa shape index (κ2) is 6.79. The van der Waals surface area contributed by atoms with E-state index in [-0.39, 0.29) is 5.69 Å². The molecule has 0 aliphatic heterocycles. The van der Waals surface area contributed by atoms with E-state index in [9.17, 15) is 4.79 Å². The summed E-state index contributed by atoms with van der Waals surface area (Å²) in [5, 5.41) is 0. The average molecular weight is 309 g/mol. The average Bonchev–Trinajstić information content (AvgIpc) is 3.10. The molecule has 5 heteroatoms. The van der Waals surface area contributed by atoms with Crippen molar-refractivity contribution >= 4 is 5.97 Å². The molecule has 0 saturated carbocycles. The number of ether oxygens (including phenoxy) is 2. The first-order valence-electron chi connectivity index (χ1n) is 7.07. The third-order valence-electron chi connectivity index (χ3n) is 3.31. The summed E-state index contributed by atoms with van der Waals surface area (Å²) in [4.78, 5) is 15.5. The van der Waals surface area contributed by atoms with Crippen molar-refractivity contribution < 1.29 is 18.7 Å². The number of nitrogens with zero attached hydrogens (tertiary/aromatic N) is 1. The molecule has 0 atom stereocenters. The second-order valence-corrected chi connectivity index (χ2v) is 4.82. The Morgan fingerprint density at radius 2 is 1.83 bits per heavy atom. The van der Waals surface area contributed by atoms with Crippen molar-refractivity contribution in [3.05, 3.63) is 72.2 Å². The molecule has 0 unspecified atom stereocenters. The molecular formula is C18H15NO4. The first kappa shape index (κ1) is 14.8. The standard InChI is InChI=1S/C18H15NO4/c1-21-18(20)16-17(23-12-19-16)14-7-9-15(10-8-14)22-11-13-5-3-2-4-6-13/h2-10,12H,11H2,1H3. The number of hydrogen-bond acceptors (Lipinski definition) is 5. The SMILES string of the molecule is COC(=O)c1ncoc1-c1ccc(OCc2ccccc2)cc1. The molecule has 2 aromatic carbocycles. The molecule has 1 aromatic heterocycles. The number of hydrogen-bond donors (Lipinski definition) is 0. The fourth-order valence-corrected chi connectivity index (χ4v) is 2.14. The van der Waals surface area contributed by atoms with E-state index in [0.29, 0.717) is 12.4 Å². The van der Waals surface area contributed by atoms with Crippen LogP contribution in [0.25, 0.3) is 11.3 Å². The predicted molar refractivity (Wildman–Crippen MR) is 84.1 cm³/mol. The Kier molecular flexibility index (Phi) is 4.38. The van der Waals surface area contributed by atoms with Gasteiger partial charge in [0.1, 0.15) is 12.4 Å². The van der Waals surface area contributed by atoms with E-state index in [1.54, 1.807) is 0 Å². The van der Waals surface area contributed by atoms with E-state index < -0.39 is 5.97 Å². The third kappa shape index (κ3) is 3.40. The lowest BCUT2D eigenvalue weighted by molar-refractivity contribution is 0.0595. The summed E-state index contributed by atoms with van der Waals surface area (Å²) in [6.45, 7) is 0.496. The fraction of sp³-hybridized carbons (Fsp3) is 0.111. The van der Waals surface area contributed by atoms with Crippen molar-refractivity contribution in [3.63, 3.8) is 0 Å². The normalized spacial score (nSPS) is 10.3. The van der Waals surface area contributed by atoms with Gasteiger partial charge in [-0.05, 0) is 29.8 Å². The molecule has 0 aliphatic carbocycles. The lowest BCUT2D eigenvalue weighted by Gasteiger charge is -2.07. The minimum absolute atomic E-state index is 0.158. The van der Waals surface area contributed by atoms with Crippen LogP contribution in [0.2, 0.25) is 0 Å². The van der Waals surface area contributed by atoms with E-state index >= 15 is 0 Å². The Bertz CT molecular complexity index is 778. The number of carbonyl (C=O) groups excluding carboxylic acids is 1. The van der Waals surface area contributed by atoms with Gasteiger partial charge in [0.2, 0.25) is 0 Å². The number of aromatic nitrogens is 1. The Balaban J connectivity index is 1.72. The van der Waals surface area contributed by atoms with Crippen molar-refractivity contribution in [2.45, 2.75) is 6.61 Å². The molecule has 23 heavy (non-hydrogen) atoms. The quantitative estimate of drug-likeness (QED) is 0.672. The molecular weight excluding hydrogens is 294 g/mol. The van der Waals surface area contributed by atoms with Gasteiger partial charge in [0.15, 0.2) is 17.8 Å². The number of rotatable bonds is 5. The maximum atomic E-state index is 11.6. The summed E-state index contributed by atoms with van der Waals surface area (Å²) >= 11 is 0. The van der Waals surface area contributed by atoms with Crippen LogP contribution in [0.15, 0.2) is 65.4 Å². The number of benzene rings is 2. The molecule has 0 spiro atoms. The molecule has 0 N–H and O–H groups in total. The van der Waals surface area contributed by atoms with Gasteiger partial charge in [-0.1, -0.05) is 30.3 Å². The number of carbonyl (C=O) groups is 1. The maximum Gasteiger partial charge on any atom is 0.360 e. The van der Waals surface area contributed by atoms with Gasteiger partial charge in [-0.25, -0.2) is 9.78 Å². The third-order valence-corrected chi connectivity index (χ3v) is 3.31. The summed E-state index contributed by atoms with van der Waals surface area (Å²) in [7, 11) is 1.31. The van der Waals surface area contributed by atoms with E-state index in [1.165, 1.54) is 13.5 Å². The number of oxazole rings is 1. The van der Waals surface area contributed by atoms with Crippen molar-refractivity contribution in [2.75, 3.05) is 7.11 Å².